The van der Waals surface area contributed by atoms with Crippen LogP contribution in [0, 0.1) is 5.82 Å². The first-order chi connectivity index (χ1) is 12.6. The Bertz CT molecular complexity index is 994. The number of para-hydroxylation sites is 1. The number of ether oxygens (including phenoxy) is 1. The molecule has 1 N–H and O–H groups in total. The molecule has 0 aromatic heterocycles. The van der Waals surface area contributed by atoms with Gasteiger partial charge in [-0.2, -0.15) is 0 Å². The first-order valence-electron chi connectivity index (χ1n) is 7.81. The van der Waals surface area contributed by atoms with Gasteiger partial charge in [0.2, 0.25) is 10.0 Å². The first-order valence-corrected chi connectivity index (χ1v) is 10.5. The lowest BCUT2D eigenvalue weighted by molar-refractivity contribution is 0.0977. The third-order valence-electron chi connectivity index (χ3n) is 3.88. The van der Waals surface area contributed by atoms with Gasteiger partial charge in [-0.1, -0.05) is 35.3 Å². The predicted octanol–water partition coefficient (Wildman–Crippen LogP) is 3.09. The van der Waals surface area contributed by atoms with Gasteiger partial charge >= 0.3 is 0 Å². The van der Waals surface area contributed by atoms with E-state index in [0.29, 0.717) is 18.1 Å². The van der Waals surface area contributed by atoms with Crippen molar-refractivity contribution in [2.24, 2.45) is 0 Å². The molecule has 0 saturated carbocycles. The van der Waals surface area contributed by atoms with Crippen LogP contribution in [0.15, 0.2) is 36.4 Å². The molecule has 6 nitrogen and oxygen atoms in total. The normalized spacial score (nSPS) is 14.6. The SMILES string of the molecule is CS(=O)(=O)NC(=O)c1cc(Cl)c(OC2CN(c3ccccc3Cl)C2)cc1F. The molecule has 0 unspecified atom stereocenters. The molecule has 144 valence electrons. The molecular formula is C17H15Cl2FN2O4S. The van der Waals surface area contributed by atoms with Gasteiger partial charge in [0.1, 0.15) is 17.7 Å². The Labute approximate surface area is 165 Å². The molecule has 2 aromatic rings. The number of amides is 1. The van der Waals surface area contributed by atoms with Crippen LogP contribution >= 0.6 is 23.2 Å². The van der Waals surface area contributed by atoms with E-state index in [2.05, 4.69) is 0 Å². The molecule has 10 heteroatoms. The topological polar surface area (TPSA) is 75.7 Å². The molecule has 3 rings (SSSR count). The molecule has 0 bridgehead atoms. The van der Waals surface area contributed by atoms with E-state index < -0.39 is 27.3 Å². The van der Waals surface area contributed by atoms with E-state index in [0.717, 1.165) is 24.1 Å². The Kier molecular flexibility index (Phi) is 5.50. The number of rotatable bonds is 5. The Balaban J connectivity index is 1.68. The molecule has 27 heavy (non-hydrogen) atoms. The van der Waals surface area contributed by atoms with Gasteiger partial charge in [0.05, 0.1) is 40.6 Å². The van der Waals surface area contributed by atoms with E-state index in [1.807, 2.05) is 23.1 Å². The maximum Gasteiger partial charge on any atom is 0.267 e. The zero-order valence-corrected chi connectivity index (χ0v) is 16.4. The maximum absolute atomic E-state index is 14.2. The lowest BCUT2D eigenvalue weighted by Crippen LogP contribution is -2.54. The number of sulfonamides is 1. The predicted molar refractivity (Wildman–Crippen MR) is 102 cm³/mol. The Morgan fingerprint density at radius 3 is 2.52 bits per heavy atom. The van der Waals surface area contributed by atoms with Crippen molar-refractivity contribution in [3.63, 3.8) is 0 Å². The van der Waals surface area contributed by atoms with Crippen molar-refractivity contribution in [3.8, 4) is 5.75 Å². The monoisotopic (exact) mass is 432 g/mol. The van der Waals surface area contributed by atoms with Crippen LogP contribution in [0.3, 0.4) is 0 Å². The van der Waals surface area contributed by atoms with Crippen molar-refractivity contribution in [2.45, 2.75) is 6.10 Å². The van der Waals surface area contributed by atoms with Gasteiger partial charge < -0.3 is 9.64 Å². The Hall–Kier alpha value is -2.03. The van der Waals surface area contributed by atoms with E-state index in [9.17, 15) is 17.6 Å². The zero-order valence-electron chi connectivity index (χ0n) is 14.1. The van der Waals surface area contributed by atoms with Crippen LogP contribution in [0.25, 0.3) is 0 Å². The molecule has 2 aromatic carbocycles. The molecular weight excluding hydrogens is 418 g/mol. The van der Waals surface area contributed by atoms with Crippen LogP contribution in [0.2, 0.25) is 10.0 Å². The molecule has 0 aliphatic carbocycles. The third kappa shape index (κ3) is 4.63. The minimum absolute atomic E-state index is 0.00578. The van der Waals surface area contributed by atoms with Gasteiger partial charge in [0.15, 0.2) is 0 Å². The van der Waals surface area contributed by atoms with Crippen LogP contribution in [0.4, 0.5) is 10.1 Å². The van der Waals surface area contributed by atoms with Gasteiger partial charge in [-0.05, 0) is 18.2 Å². The molecule has 1 saturated heterocycles. The summed E-state index contributed by atoms with van der Waals surface area (Å²) in [5, 5.41) is 0.632. The second-order valence-electron chi connectivity index (χ2n) is 6.06. The highest BCUT2D eigenvalue weighted by Gasteiger charge is 2.31. The average molecular weight is 433 g/mol. The van der Waals surface area contributed by atoms with Crippen LogP contribution in [0.1, 0.15) is 10.4 Å². The second-order valence-corrected chi connectivity index (χ2v) is 8.62. The summed E-state index contributed by atoms with van der Waals surface area (Å²) in [4.78, 5) is 13.8. The van der Waals surface area contributed by atoms with Crippen LogP contribution in [-0.4, -0.2) is 39.8 Å². The number of carbonyl (C=O) groups is 1. The highest BCUT2D eigenvalue weighted by atomic mass is 35.5. The van der Waals surface area contributed by atoms with Crippen LogP contribution in [0.5, 0.6) is 5.75 Å². The highest BCUT2D eigenvalue weighted by molar-refractivity contribution is 7.89. The largest absolute Gasteiger partial charge is 0.485 e. The summed E-state index contributed by atoms with van der Waals surface area (Å²) in [7, 11) is -3.82. The number of hydrogen-bond donors (Lipinski definition) is 1. The summed E-state index contributed by atoms with van der Waals surface area (Å²) in [6, 6.07) is 9.40. The molecule has 1 aliphatic rings. The number of carbonyl (C=O) groups excluding carboxylic acids is 1. The van der Waals surface area contributed by atoms with Crippen LogP contribution < -0.4 is 14.4 Å². The number of anilines is 1. The van der Waals surface area contributed by atoms with E-state index in [1.165, 1.54) is 0 Å². The number of hydrogen-bond acceptors (Lipinski definition) is 5. The summed E-state index contributed by atoms with van der Waals surface area (Å²) >= 11 is 12.2. The quantitative estimate of drug-likeness (QED) is 0.785. The van der Waals surface area contributed by atoms with Crippen molar-refractivity contribution in [3.05, 3.63) is 57.8 Å². The maximum atomic E-state index is 14.2. The van der Waals surface area contributed by atoms with Crippen molar-refractivity contribution in [2.75, 3.05) is 24.2 Å². The van der Waals surface area contributed by atoms with Crippen molar-refractivity contribution in [1.82, 2.24) is 4.72 Å². The standard InChI is InChI=1S/C17H15Cl2FN2O4S/c1-27(24,25)21-17(23)11-6-13(19)16(7-14(11)20)26-10-8-22(9-10)15-5-3-2-4-12(15)18/h2-7,10H,8-9H2,1H3,(H,21,23). The van der Waals surface area contributed by atoms with Crippen molar-refractivity contribution in [1.29, 1.82) is 0 Å². The van der Waals surface area contributed by atoms with Gasteiger partial charge in [0.25, 0.3) is 5.91 Å². The van der Waals surface area contributed by atoms with Crippen molar-refractivity contribution < 1.29 is 22.3 Å². The summed E-state index contributed by atoms with van der Waals surface area (Å²) in [5.74, 6) is -1.95. The van der Waals surface area contributed by atoms with E-state index in [-0.39, 0.29) is 16.9 Å². The summed E-state index contributed by atoms with van der Waals surface area (Å²) < 4.78 is 43.8. The fourth-order valence-corrected chi connectivity index (χ4v) is 3.52. The second kappa shape index (κ2) is 7.53. The van der Waals surface area contributed by atoms with Crippen molar-refractivity contribution >= 4 is 44.8 Å². The number of benzene rings is 2. The molecule has 1 heterocycles. The highest BCUT2D eigenvalue weighted by Crippen LogP contribution is 2.33. The lowest BCUT2D eigenvalue weighted by Gasteiger charge is -2.41. The Morgan fingerprint density at radius 2 is 1.89 bits per heavy atom. The Morgan fingerprint density at radius 1 is 1.22 bits per heavy atom. The molecule has 0 atom stereocenters. The smallest absolute Gasteiger partial charge is 0.267 e. The van der Waals surface area contributed by atoms with Gasteiger partial charge in [-0.25, -0.2) is 17.5 Å². The van der Waals surface area contributed by atoms with Gasteiger partial charge in [-0.3, -0.25) is 4.79 Å². The third-order valence-corrected chi connectivity index (χ3v) is 5.05. The zero-order chi connectivity index (χ0) is 19.8. The van der Waals surface area contributed by atoms with Gasteiger partial charge in [-0.15, -0.1) is 0 Å². The van der Waals surface area contributed by atoms with Gasteiger partial charge in [0, 0.05) is 6.07 Å². The van der Waals surface area contributed by atoms with E-state index in [1.54, 1.807) is 10.8 Å². The van der Waals surface area contributed by atoms with E-state index in [4.69, 9.17) is 27.9 Å². The lowest BCUT2D eigenvalue weighted by atomic mass is 10.1. The molecule has 1 aliphatic heterocycles. The molecule has 1 amide bonds. The minimum Gasteiger partial charge on any atom is -0.485 e. The fraction of sp³-hybridized carbons (Fsp3) is 0.235. The first kappa shape index (κ1) is 19.7. The number of halogens is 3. The van der Waals surface area contributed by atoms with E-state index >= 15 is 0 Å². The minimum atomic E-state index is -3.82. The summed E-state index contributed by atoms with van der Waals surface area (Å²) in [6.45, 7) is 1.08. The number of nitrogens with one attached hydrogen (secondary N) is 1. The molecule has 0 radical (unpaired) electrons. The number of nitrogens with zero attached hydrogens (tertiary/aromatic N) is 1. The fourth-order valence-electron chi connectivity index (χ4n) is 2.61. The van der Waals surface area contributed by atoms with Crippen LogP contribution in [-0.2, 0) is 10.0 Å². The summed E-state index contributed by atoms with van der Waals surface area (Å²) in [5.41, 5.74) is 0.396. The molecule has 1 fully saturated rings. The summed E-state index contributed by atoms with van der Waals surface area (Å²) in [6.07, 6.45) is 0.567. The average Bonchev–Trinajstić information content (AvgIpc) is 2.52. The molecule has 0 spiro atoms.